The van der Waals surface area contributed by atoms with Gasteiger partial charge in [0.05, 0.1) is 4.88 Å². The number of aromatic amines is 1. The molecule has 0 radical (unpaired) electrons. The summed E-state index contributed by atoms with van der Waals surface area (Å²) in [6.45, 7) is 10.3. The molecular weight excluding hydrogens is 274 g/mol. The first kappa shape index (κ1) is 13.1. The molecule has 0 unspecified atom stereocenters. The number of nitrogens with zero attached hydrogens (tertiary/aromatic N) is 2. The SMILES string of the molecule is CC1(C)C(Cn2c(-c3cccs3)n[nH]c2=S)C1(C)C. The normalized spacial score (nSPS) is 20.6. The van der Waals surface area contributed by atoms with Crippen LogP contribution in [0, 0.1) is 21.5 Å². The van der Waals surface area contributed by atoms with E-state index in [1.165, 1.54) is 4.88 Å². The molecule has 0 amide bonds. The molecule has 3 rings (SSSR count). The van der Waals surface area contributed by atoms with Crippen molar-refractivity contribution in [3.63, 3.8) is 0 Å². The van der Waals surface area contributed by atoms with E-state index < -0.39 is 0 Å². The molecule has 102 valence electrons. The number of nitrogens with one attached hydrogen (secondary N) is 1. The second-order valence-corrected chi connectivity index (χ2v) is 7.77. The number of thiophene rings is 1. The summed E-state index contributed by atoms with van der Waals surface area (Å²) in [5.41, 5.74) is 0.734. The summed E-state index contributed by atoms with van der Waals surface area (Å²) in [6.07, 6.45) is 0. The molecule has 19 heavy (non-hydrogen) atoms. The van der Waals surface area contributed by atoms with Crippen LogP contribution in [0.3, 0.4) is 0 Å². The van der Waals surface area contributed by atoms with Crippen molar-refractivity contribution in [2.24, 2.45) is 16.7 Å². The lowest BCUT2D eigenvalue weighted by Crippen LogP contribution is -2.06. The van der Waals surface area contributed by atoms with Gasteiger partial charge in [-0.1, -0.05) is 33.8 Å². The monoisotopic (exact) mass is 293 g/mol. The van der Waals surface area contributed by atoms with Gasteiger partial charge in [0.1, 0.15) is 0 Å². The average Bonchev–Trinajstić information content (AvgIpc) is 2.82. The van der Waals surface area contributed by atoms with Gasteiger partial charge in [0.2, 0.25) is 0 Å². The van der Waals surface area contributed by atoms with E-state index in [1.54, 1.807) is 11.3 Å². The third-order valence-corrected chi connectivity index (χ3v) is 6.36. The van der Waals surface area contributed by atoms with Crippen molar-refractivity contribution in [3.05, 3.63) is 22.3 Å². The van der Waals surface area contributed by atoms with Gasteiger partial charge in [-0.25, -0.2) is 0 Å². The van der Waals surface area contributed by atoms with Crippen LogP contribution in [-0.2, 0) is 6.54 Å². The van der Waals surface area contributed by atoms with Gasteiger partial charge in [-0.3, -0.25) is 9.67 Å². The zero-order valence-electron chi connectivity index (χ0n) is 11.7. The van der Waals surface area contributed by atoms with E-state index in [0.29, 0.717) is 16.7 Å². The predicted molar refractivity (Wildman–Crippen MR) is 81.8 cm³/mol. The fraction of sp³-hybridized carbons (Fsp3) is 0.571. The lowest BCUT2D eigenvalue weighted by atomic mass is 10.0. The van der Waals surface area contributed by atoms with E-state index in [4.69, 9.17) is 12.2 Å². The first-order valence-corrected chi connectivity index (χ1v) is 7.83. The molecule has 0 bridgehead atoms. The summed E-state index contributed by atoms with van der Waals surface area (Å²) < 4.78 is 2.88. The minimum atomic E-state index is 0.367. The number of hydrogen-bond acceptors (Lipinski definition) is 3. The van der Waals surface area contributed by atoms with Crippen LogP contribution in [0.4, 0.5) is 0 Å². The van der Waals surface area contributed by atoms with Gasteiger partial charge < -0.3 is 0 Å². The Hall–Kier alpha value is -0.940. The zero-order valence-corrected chi connectivity index (χ0v) is 13.4. The lowest BCUT2D eigenvalue weighted by Gasteiger charge is -2.07. The Balaban J connectivity index is 1.95. The second-order valence-electron chi connectivity index (χ2n) is 6.44. The molecule has 0 aromatic carbocycles. The molecule has 0 aliphatic heterocycles. The first-order valence-electron chi connectivity index (χ1n) is 6.55. The van der Waals surface area contributed by atoms with Crippen LogP contribution >= 0.6 is 23.6 Å². The van der Waals surface area contributed by atoms with Crippen LogP contribution < -0.4 is 0 Å². The molecule has 0 atom stereocenters. The van der Waals surface area contributed by atoms with E-state index in [1.807, 2.05) is 6.07 Å². The molecular formula is C14H19N3S2. The Morgan fingerprint density at radius 2 is 2.05 bits per heavy atom. The maximum Gasteiger partial charge on any atom is 0.195 e. The molecule has 1 saturated carbocycles. The van der Waals surface area contributed by atoms with E-state index in [9.17, 15) is 0 Å². The fourth-order valence-electron chi connectivity index (χ4n) is 3.05. The van der Waals surface area contributed by atoms with Crippen molar-refractivity contribution < 1.29 is 0 Å². The summed E-state index contributed by atoms with van der Waals surface area (Å²) >= 11 is 7.09. The van der Waals surface area contributed by atoms with Crippen molar-refractivity contribution in [1.82, 2.24) is 14.8 Å². The van der Waals surface area contributed by atoms with Crippen molar-refractivity contribution in [2.75, 3.05) is 0 Å². The lowest BCUT2D eigenvalue weighted by molar-refractivity contribution is 0.457. The maximum absolute atomic E-state index is 5.39. The van der Waals surface area contributed by atoms with Gasteiger partial charge in [-0.05, 0) is 40.4 Å². The van der Waals surface area contributed by atoms with Crippen molar-refractivity contribution >= 4 is 23.6 Å². The molecule has 1 aliphatic rings. The molecule has 2 aromatic rings. The van der Waals surface area contributed by atoms with Crippen LogP contribution in [0.15, 0.2) is 17.5 Å². The summed E-state index contributed by atoms with van der Waals surface area (Å²) in [5.74, 6) is 1.61. The third-order valence-electron chi connectivity index (χ3n) is 5.18. The van der Waals surface area contributed by atoms with Crippen LogP contribution in [0.25, 0.3) is 10.7 Å². The summed E-state index contributed by atoms with van der Waals surface area (Å²) in [7, 11) is 0. The molecule has 0 spiro atoms. The van der Waals surface area contributed by atoms with Crippen molar-refractivity contribution in [3.8, 4) is 10.7 Å². The van der Waals surface area contributed by atoms with Gasteiger partial charge in [-0.15, -0.1) is 11.3 Å². The second kappa shape index (κ2) is 4.03. The predicted octanol–water partition coefficient (Wildman–Crippen LogP) is 4.35. The highest BCUT2D eigenvalue weighted by Crippen LogP contribution is 2.68. The average molecular weight is 293 g/mol. The van der Waals surface area contributed by atoms with E-state index in [0.717, 1.165) is 17.1 Å². The van der Waals surface area contributed by atoms with Gasteiger partial charge in [0, 0.05) is 6.54 Å². The van der Waals surface area contributed by atoms with Gasteiger partial charge in [-0.2, -0.15) is 5.10 Å². The Kier molecular flexibility index (Phi) is 2.77. The standard InChI is InChI=1S/C14H19N3S2/c1-13(2)10(14(13,3)4)8-17-11(15-16-12(17)18)9-6-5-7-19-9/h5-7,10H,8H2,1-4H3,(H,16,18). The number of H-pyrrole nitrogens is 1. The summed E-state index contributed by atoms with van der Waals surface area (Å²) in [6, 6.07) is 4.14. The van der Waals surface area contributed by atoms with Crippen molar-refractivity contribution in [2.45, 2.75) is 34.2 Å². The zero-order chi connectivity index (χ0) is 13.8. The molecule has 0 saturated heterocycles. The third kappa shape index (κ3) is 1.82. The molecule has 2 heterocycles. The number of rotatable bonds is 3. The largest absolute Gasteiger partial charge is 0.299 e. The van der Waals surface area contributed by atoms with Gasteiger partial charge in [0.15, 0.2) is 10.6 Å². The summed E-state index contributed by atoms with van der Waals surface area (Å²) in [4.78, 5) is 1.17. The molecule has 1 aliphatic carbocycles. The molecule has 5 heteroatoms. The Morgan fingerprint density at radius 3 is 2.58 bits per heavy atom. The van der Waals surface area contributed by atoms with Crippen molar-refractivity contribution in [1.29, 1.82) is 0 Å². The smallest absolute Gasteiger partial charge is 0.195 e. The first-order chi connectivity index (χ1) is 8.85. The Morgan fingerprint density at radius 1 is 1.37 bits per heavy atom. The molecule has 3 nitrogen and oxygen atoms in total. The van der Waals surface area contributed by atoms with Gasteiger partial charge in [0.25, 0.3) is 0 Å². The highest BCUT2D eigenvalue weighted by Gasteiger charge is 2.64. The number of aromatic nitrogens is 3. The maximum atomic E-state index is 5.39. The molecule has 2 aromatic heterocycles. The highest BCUT2D eigenvalue weighted by molar-refractivity contribution is 7.71. The van der Waals surface area contributed by atoms with E-state index in [2.05, 4.69) is 53.9 Å². The molecule has 1 fully saturated rings. The van der Waals surface area contributed by atoms with Crippen LogP contribution in [-0.4, -0.2) is 14.8 Å². The quantitative estimate of drug-likeness (QED) is 0.853. The highest BCUT2D eigenvalue weighted by atomic mass is 32.1. The summed E-state index contributed by atoms with van der Waals surface area (Å²) in [5, 5.41) is 9.40. The fourth-order valence-corrected chi connectivity index (χ4v) is 3.98. The Bertz CT molecular complexity index is 633. The number of hydrogen-bond donors (Lipinski definition) is 1. The van der Waals surface area contributed by atoms with Crippen LogP contribution in [0.1, 0.15) is 27.7 Å². The minimum Gasteiger partial charge on any atom is -0.299 e. The van der Waals surface area contributed by atoms with Gasteiger partial charge >= 0.3 is 0 Å². The van der Waals surface area contributed by atoms with Crippen LogP contribution in [0.2, 0.25) is 0 Å². The Labute approximate surface area is 122 Å². The minimum absolute atomic E-state index is 0.367. The van der Waals surface area contributed by atoms with E-state index >= 15 is 0 Å². The van der Waals surface area contributed by atoms with Crippen LogP contribution in [0.5, 0.6) is 0 Å². The van der Waals surface area contributed by atoms with E-state index in [-0.39, 0.29) is 0 Å². The topological polar surface area (TPSA) is 33.6 Å². The molecule has 1 N–H and O–H groups in total.